The van der Waals surface area contributed by atoms with Crippen LogP contribution in [0.4, 0.5) is 5.82 Å². The fourth-order valence-corrected chi connectivity index (χ4v) is 1.15. The zero-order chi connectivity index (χ0) is 8.93. The molecule has 1 saturated carbocycles. The van der Waals surface area contributed by atoms with Crippen molar-refractivity contribution in [3.05, 3.63) is 18.6 Å². The fraction of sp³-hybridized carbons (Fsp3) is 0.556. The Morgan fingerprint density at radius 2 is 2.31 bits per heavy atom. The van der Waals surface area contributed by atoms with Crippen molar-refractivity contribution in [1.82, 2.24) is 15.3 Å². The van der Waals surface area contributed by atoms with E-state index < -0.39 is 0 Å². The molecule has 0 bridgehead atoms. The molecule has 13 heavy (non-hydrogen) atoms. The van der Waals surface area contributed by atoms with Crippen LogP contribution in [-0.2, 0) is 0 Å². The summed E-state index contributed by atoms with van der Waals surface area (Å²) in [7, 11) is 0. The summed E-state index contributed by atoms with van der Waals surface area (Å²) in [5.41, 5.74) is 0. The number of nitrogens with one attached hydrogen (secondary N) is 2. The molecular weight excluding hydrogens is 164 g/mol. The van der Waals surface area contributed by atoms with E-state index in [-0.39, 0.29) is 0 Å². The molecule has 0 aromatic carbocycles. The summed E-state index contributed by atoms with van der Waals surface area (Å²) in [5, 5.41) is 6.64. The summed E-state index contributed by atoms with van der Waals surface area (Å²) in [5.74, 6) is 0.896. The van der Waals surface area contributed by atoms with Gasteiger partial charge in [-0.1, -0.05) is 0 Å². The van der Waals surface area contributed by atoms with Crippen LogP contribution in [0.15, 0.2) is 18.6 Å². The molecule has 0 amide bonds. The third-order valence-corrected chi connectivity index (χ3v) is 2.02. The lowest BCUT2D eigenvalue weighted by Crippen LogP contribution is -2.24. The van der Waals surface area contributed by atoms with Gasteiger partial charge in [-0.15, -0.1) is 0 Å². The van der Waals surface area contributed by atoms with Crippen molar-refractivity contribution in [3.63, 3.8) is 0 Å². The molecule has 0 radical (unpaired) electrons. The zero-order valence-corrected chi connectivity index (χ0v) is 7.53. The van der Waals surface area contributed by atoms with Crippen LogP contribution in [0.2, 0.25) is 0 Å². The monoisotopic (exact) mass is 178 g/mol. The molecule has 0 aliphatic heterocycles. The first-order valence-corrected chi connectivity index (χ1v) is 4.68. The minimum absolute atomic E-state index is 0.784. The Morgan fingerprint density at radius 3 is 3.00 bits per heavy atom. The van der Waals surface area contributed by atoms with Crippen molar-refractivity contribution >= 4 is 5.82 Å². The number of anilines is 1. The van der Waals surface area contributed by atoms with Crippen molar-refractivity contribution in [2.75, 3.05) is 18.4 Å². The number of hydrogen-bond acceptors (Lipinski definition) is 4. The van der Waals surface area contributed by atoms with Crippen molar-refractivity contribution in [3.8, 4) is 0 Å². The molecule has 4 nitrogen and oxygen atoms in total. The van der Waals surface area contributed by atoms with Crippen LogP contribution in [-0.4, -0.2) is 29.1 Å². The standard InChI is InChI=1S/C9H14N4/c1-2-8(1)11-5-6-12-9-3-4-10-7-13-9/h3-4,7-8,11H,1-2,5-6H2,(H,10,12,13). The molecule has 1 aromatic rings. The van der Waals surface area contributed by atoms with Gasteiger partial charge in [0.1, 0.15) is 12.1 Å². The summed E-state index contributed by atoms with van der Waals surface area (Å²) in [6, 6.07) is 2.66. The topological polar surface area (TPSA) is 49.8 Å². The molecule has 1 aromatic heterocycles. The van der Waals surface area contributed by atoms with Gasteiger partial charge in [0.2, 0.25) is 0 Å². The maximum Gasteiger partial charge on any atom is 0.129 e. The molecular formula is C9H14N4. The van der Waals surface area contributed by atoms with Crippen molar-refractivity contribution in [2.24, 2.45) is 0 Å². The van der Waals surface area contributed by atoms with Gasteiger partial charge in [0.05, 0.1) is 0 Å². The van der Waals surface area contributed by atoms with Crippen LogP contribution in [0.5, 0.6) is 0 Å². The van der Waals surface area contributed by atoms with Crippen molar-refractivity contribution in [1.29, 1.82) is 0 Å². The highest BCUT2D eigenvalue weighted by atomic mass is 15.0. The molecule has 1 heterocycles. The Bertz CT molecular complexity index is 245. The van der Waals surface area contributed by atoms with Crippen molar-refractivity contribution in [2.45, 2.75) is 18.9 Å². The molecule has 0 atom stereocenters. The lowest BCUT2D eigenvalue weighted by Gasteiger charge is -2.04. The Balaban J connectivity index is 1.61. The van der Waals surface area contributed by atoms with E-state index in [0.717, 1.165) is 24.9 Å². The molecule has 0 saturated heterocycles. The SMILES string of the molecule is c1cc(NCCNC2CC2)ncn1. The molecule has 2 rings (SSSR count). The third-order valence-electron chi connectivity index (χ3n) is 2.02. The molecule has 1 aliphatic rings. The second-order valence-corrected chi connectivity index (χ2v) is 3.25. The van der Waals surface area contributed by atoms with Crippen LogP contribution >= 0.6 is 0 Å². The van der Waals surface area contributed by atoms with E-state index in [4.69, 9.17) is 0 Å². The van der Waals surface area contributed by atoms with Crippen LogP contribution in [0.1, 0.15) is 12.8 Å². The minimum Gasteiger partial charge on any atom is -0.369 e. The first-order valence-electron chi connectivity index (χ1n) is 4.68. The second-order valence-electron chi connectivity index (χ2n) is 3.25. The Hall–Kier alpha value is -1.16. The molecule has 0 unspecified atom stereocenters. The quantitative estimate of drug-likeness (QED) is 0.650. The Labute approximate surface area is 77.8 Å². The van der Waals surface area contributed by atoms with Crippen LogP contribution < -0.4 is 10.6 Å². The number of hydrogen-bond donors (Lipinski definition) is 2. The average Bonchev–Trinajstić information content (AvgIpc) is 2.98. The van der Waals surface area contributed by atoms with Gasteiger partial charge in [0.15, 0.2) is 0 Å². The average molecular weight is 178 g/mol. The molecule has 0 spiro atoms. The fourth-order valence-electron chi connectivity index (χ4n) is 1.15. The highest BCUT2D eigenvalue weighted by molar-refractivity contribution is 5.31. The summed E-state index contributed by atoms with van der Waals surface area (Å²) in [4.78, 5) is 7.91. The van der Waals surface area contributed by atoms with Gasteiger partial charge in [-0.05, 0) is 18.9 Å². The highest BCUT2D eigenvalue weighted by Crippen LogP contribution is 2.17. The van der Waals surface area contributed by atoms with Crippen LogP contribution in [0.25, 0.3) is 0 Å². The predicted molar refractivity (Wildman–Crippen MR) is 51.5 cm³/mol. The normalized spacial score (nSPS) is 15.7. The van der Waals surface area contributed by atoms with Gasteiger partial charge in [0.25, 0.3) is 0 Å². The van der Waals surface area contributed by atoms with Gasteiger partial charge in [-0.3, -0.25) is 0 Å². The van der Waals surface area contributed by atoms with Crippen molar-refractivity contribution < 1.29 is 0 Å². The maximum atomic E-state index is 4.06. The Kier molecular flexibility index (Phi) is 2.72. The third kappa shape index (κ3) is 2.99. The van der Waals surface area contributed by atoms with Gasteiger partial charge < -0.3 is 10.6 Å². The van der Waals surface area contributed by atoms with E-state index in [2.05, 4.69) is 20.6 Å². The summed E-state index contributed by atoms with van der Waals surface area (Å²) in [6.45, 7) is 1.93. The first-order chi connectivity index (χ1) is 6.45. The first kappa shape index (κ1) is 8.44. The van der Waals surface area contributed by atoms with Gasteiger partial charge in [-0.2, -0.15) is 0 Å². The molecule has 2 N–H and O–H groups in total. The van der Waals surface area contributed by atoms with Gasteiger partial charge in [0, 0.05) is 25.3 Å². The molecule has 1 aliphatic carbocycles. The van der Waals surface area contributed by atoms with E-state index in [1.165, 1.54) is 12.8 Å². The smallest absolute Gasteiger partial charge is 0.129 e. The number of nitrogens with zero attached hydrogens (tertiary/aromatic N) is 2. The van der Waals surface area contributed by atoms with E-state index in [9.17, 15) is 0 Å². The Morgan fingerprint density at radius 1 is 1.38 bits per heavy atom. The predicted octanol–water partition coefficient (Wildman–Crippen LogP) is 0.640. The van der Waals surface area contributed by atoms with E-state index in [0.29, 0.717) is 0 Å². The van der Waals surface area contributed by atoms with Crippen LogP contribution in [0, 0.1) is 0 Å². The zero-order valence-electron chi connectivity index (χ0n) is 7.53. The summed E-state index contributed by atoms with van der Waals surface area (Å²) in [6.07, 6.45) is 5.97. The van der Waals surface area contributed by atoms with E-state index in [1.54, 1.807) is 12.5 Å². The molecule has 4 heteroatoms. The molecule has 1 fully saturated rings. The maximum absolute atomic E-state index is 4.06. The van der Waals surface area contributed by atoms with E-state index >= 15 is 0 Å². The number of aromatic nitrogens is 2. The second kappa shape index (κ2) is 4.18. The summed E-state index contributed by atoms with van der Waals surface area (Å²) >= 11 is 0. The minimum atomic E-state index is 0.784. The lowest BCUT2D eigenvalue weighted by molar-refractivity contribution is 0.700. The highest BCUT2D eigenvalue weighted by Gasteiger charge is 2.19. The van der Waals surface area contributed by atoms with Gasteiger partial charge >= 0.3 is 0 Å². The summed E-state index contributed by atoms with van der Waals surface area (Å²) < 4.78 is 0. The number of rotatable bonds is 5. The largest absolute Gasteiger partial charge is 0.369 e. The molecule has 70 valence electrons. The van der Waals surface area contributed by atoms with Gasteiger partial charge in [-0.25, -0.2) is 9.97 Å². The van der Waals surface area contributed by atoms with Crippen LogP contribution in [0.3, 0.4) is 0 Å². The lowest BCUT2D eigenvalue weighted by atomic mass is 10.5. The van der Waals surface area contributed by atoms with E-state index in [1.807, 2.05) is 6.07 Å².